The van der Waals surface area contributed by atoms with Crippen molar-refractivity contribution < 1.29 is 13.9 Å². The number of nitrogens with two attached hydrogens (primary N) is 1. The molecule has 0 spiro atoms. The van der Waals surface area contributed by atoms with Crippen LogP contribution in [-0.2, 0) is 0 Å². The molecule has 0 heterocycles. The molecule has 1 rings (SSSR count). The van der Waals surface area contributed by atoms with E-state index >= 15 is 0 Å². The lowest BCUT2D eigenvalue weighted by molar-refractivity contribution is 0.169. The molecule has 0 radical (unpaired) electrons. The first-order chi connectivity index (χ1) is 6.56. The first-order valence-electron chi connectivity index (χ1n) is 4.09. The average Bonchev–Trinajstić information content (AvgIpc) is 2.11. The summed E-state index contributed by atoms with van der Waals surface area (Å²) in [6, 6.07) is 1.67. The highest BCUT2D eigenvalue weighted by atomic mass is 35.5. The normalized spacial score (nSPS) is 12.9. The molecule has 5 heteroatoms. The first kappa shape index (κ1) is 11.4. The van der Waals surface area contributed by atoms with Crippen molar-refractivity contribution >= 4 is 11.6 Å². The lowest BCUT2D eigenvalue weighted by Gasteiger charge is -2.11. The third kappa shape index (κ3) is 2.41. The minimum Gasteiger partial charge on any atom is -0.388 e. The van der Waals surface area contributed by atoms with Crippen molar-refractivity contribution in [2.24, 2.45) is 5.73 Å². The maximum absolute atomic E-state index is 12.9. The molecule has 0 aliphatic heterocycles. The van der Waals surface area contributed by atoms with Gasteiger partial charge in [0.15, 0.2) is 0 Å². The minimum absolute atomic E-state index is 0.0367. The van der Waals surface area contributed by atoms with E-state index in [1.54, 1.807) is 0 Å². The second-order valence-electron chi connectivity index (χ2n) is 2.88. The standard InChI is InChI=1S/C9H10ClF2NO/c10-9-6(8(14)1-2-13)3-5(11)4-7(9)12/h3-4,8,14H,1-2,13H2. The van der Waals surface area contributed by atoms with Crippen molar-refractivity contribution in [3.63, 3.8) is 0 Å². The van der Waals surface area contributed by atoms with Crippen LogP contribution in [0.5, 0.6) is 0 Å². The molecule has 0 saturated carbocycles. The minimum atomic E-state index is -1.03. The summed E-state index contributed by atoms with van der Waals surface area (Å²) >= 11 is 5.55. The molecule has 0 fully saturated rings. The monoisotopic (exact) mass is 221 g/mol. The van der Waals surface area contributed by atoms with Crippen LogP contribution in [-0.4, -0.2) is 11.7 Å². The van der Waals surface area contributed by atoms with Gasteiger partial charge in [-0.2, -0.15) is 0 Å². The van der Waals surface area contributed by atoms with E-state index in [2.05, 4.69) is 0 Å². The smallest absolute Gasteiger partial charge is 0.145 e. The van der Waals surface area contributed by atoms with Crippen molar-refractivity contribution in [2.45, 2.75) is 12.5 Å². The molecule has 0 saturated heterocycles. The van der Waals surface area contributed by atoms with E-state index < -0.39 is 17.7 Å². The van der Waals surface area contributed by atoms with E-state index in [1.807, 2.05) is 0 Å². The summed E-state index contributed by atoms with van der Waals surface area (Å²) in [5.41, 5.74) is 5.24. The van der Waals surface area contributed by atoms with Crippen molar-refractivity contribution in [1.29, 1.82) is 0 Å². The van der Waals surface area contributed by atoms with Gasteiger partial charge in [0, 0.05) is 11.6 Å². The van der Waals surface area contributed by atoms with Gasteiger partial charge in [-0.15, -0.1) is 0 Å². The van der Waals surface area contributed by atoms with Crippen molar-refractivity contribution in [2.75, 3.05) is 6.54 Å². The predicted octanol–water partition coefficient (Wildman–Crippen LogP) is 2.00. The van der Waals surface area contributed by atoms with Crippen LogP contribution in [0.2, 0.25) is 5.02 Å². The van der Waals surface area contributed by atoms with E-state index in [4.69, 9.17) is 17.3 Å². The van der Waals surface area contributed by atoms with Crippen molar-refractivity contribution in [3.8, 4) is 0 Å². The fourth-order valence-electron chi connectivity index (χ4n) is 1.13. The maximum atomic E-state index is 12.9. The van der Waals surface area contributed by atoms with Gasteiger partial charge in [-0.1, -0.05) is 11.6 Å². The van der Waals surface area contributed by atoms with Gasteiger partial charge in [-0.25, -0.2) is 8.78 Å². The fraction of sp³-hybridized carbons (Fsp3) is 0.333. The summed E-state index contributed by atoms with van der Waals surface area (Å²) in [5.74, 6) is -1.64. The fourth-order valence-corrected chi connectivity index (χ4v) is 1.37. The highest BCUT2D eigenvalue weighted by molar-refractivity contribution is 6.31. The second-order valence-corrected chi connectivity index (χ2v) is 3.26. The van der Waals surface area contributed by atoms with E-state index in [1.165, 1.54) is 0 Å². The Morgan fingerprint density at radius 2 is 2.07 bits per heavy atom. The summed E-state index contributed by atoms with van der Waals surface area (Å²) < 4.78 is 25.7. The molecule has 3 N–H and O–H groups in total. The zero-order valence-corrected chi connectivity index (χ0v) is 8.06. The molecular weight excluding hydrogens is 212 g/mol. The summed E-state index contributed by atoms with van der Waals surface area (Å²) in [7, 11) is 0. The molecule has 14 heavy (non-hydrogen) atoms. The van der Waals surface area contributed by atoms with Crippen LogP contribution in [0.3, 0.4) is 0 Å². The lowest BCUT2D eigenvalue weighted by atomic mass is 10.1. The number of halogens is 3. The maximum Gasteiger partial charge on any atom is 0.145 e. The van der Waals surface area contributed by atoms with E-state index in [9.17, 15) is 13.9 Å². The zero-order chi connectivity index (χ0) is 10.7. The van der Waals surface area contributed by atoms with Crippen LogP contribution >= 0.6 is 11.6 Å². The van der Waals surface area contributed by atoms with Crippen LogP contribution in [0.25, 0.3) is 0 Å². The predicted molar refractivity (Wildman–Crippen MR) is 50.0 cm³/mol. The van der Waals surface area contributed by atoms with Gasteiger partial charge in [-0.05, 0) is 19.0 Å². The summed E-state index contributed by atoms with van der Waals surface area (Å²) in [5, 5.41) is 9.20. The molecule has 0 aliphatic rings. The first-order valence-corrected chi connectivity index (χ1v) is 4.46. The molecule has 1 aromatic rings. The number of aliphatic hydroxyl groups excluding tert-OH is 1. The Hall–Kier alpha value is -0.710. The molecule has 1 aromatic carbocycles. The molecule has 1 unspecified atom stereocenters. The summed E-state index contributed by atoms with van der Waals surface area (Å²) in [6.45, 7) is 0.218. The number of hydrogen-bond donors (Lipinski definition) is 2. The van der Waals surface area contributed by atoms with E-state index in [0.717, 1.165) is 6.07 Å². The SMILES string of the molecule is NCCC(O)c1cc(F)cc(F)c1Cl. The number of aliphatic hydroxyl groups is 1. The van der Waals surface area contributed by atoms with Gasteiger partial charge in [0.1, 0.15) is 11.6 Å². The van der Waals surface area contributed by atoms with Crippen molar-refractivity contribution in [3.05, 3.63) is 34.4 Å². The Bertz CT molecular complexity index is 333. The van der Waals surface area contributed by atoms with E-state index in [0.29, 0.717) is 6.07 Å². The molecule has 0 aliphatic carbocycles. The highest BCUT2D eigenvalue weighted by Crippen LogP contribution is 2.28. The Kier molecular flexibility index (Phi) is 3.80. The van der Waals surface area contributed by atoms with Gasteiger partial charge in [-0.3, -0.25) is 0 Å². The van der Waals surface area contributed by atoms with Gasteiger partial charge in [0.05, 0.1) is 11.1 Å². The highest BCUT2D eigenvalue weighted by Gasteiger charge is 2.15. The third-order valence-corrected chi connectivity index (χ3v) is 2.22. The van der Waals surface area contributed by atoms with Crippen LogP contribution < -0.4 is 5.73 Å². The van der Waals surface area contributed by atoms with Gasteiger partial charge >= 0.3 is 0 Å². The average molecular weight is 222 g/mol. The third-order valence-electron chi connectivity index (χ3n) is 1.82. The summed E-state index contributed by atoms with van der Waals surface area (Å²) in [4.78, 5) is 0. The number of benzene rings is 1. The molecule has 0 aromatic heterocycles. The Morgan fingerprint density at radius 1 is 1.43 bits per heavy atom. The molecule has 0 amide bonds. The number of rotatable bonds is 3. The van der Waals surface area contributed by atoms with Crippen LogP contribution in [0.1, 0.15) is 18.1 Å². The van der Waals surface area contributed by atoms with Crippen LogP contribution in [0.15, 0.2) is 12.1 Å². The van der Waals surface area contributed by atoms with Gasteiger partial charge < -0.3 is 10.8 Å². The Balaban J connectivity index is 3.07. The Morgan fingerprint density at radius 3 is 2.64 bits per heavy atom. The quantitative estimate of drug-likeness (QED) is 0.767. The Labute approximate surface area is 85.3 Å². The zero-order valence-electron chi connectivity index (χ0n) is 7.30. The molecule has 1 atom stereocenters. The molecular formula is C9H10ClF2NO. The van der Waals surface area contributed by atoms with E-state index in [-0.39, 0.29) is 23.6 Å². The molecule has 2 nitrogen and oxygen atoms in total. The van der Waals surface area contributed by atoms with Gasteiger partial charge in [0.2, 0.25) is 0 Å². The topological polar surface area (TPSA) is 46.2 Å². The van der Waals surface area contributed by atoms with Crippen molar-refractivity contribution in [1.82, 2.24) is 0 Å². The van der Waals surface area contributed by atoms with Crippen LogP contribution in [0.4, 0.5) is 8.78 Å². The molecule has 78 valence electrons. The lowest BCUT2D eigenvalue weighted by Crippen LogP contribution is -2.08. The molecule has 0 bridgehead atoms. The van der Waals surface area contributed by atoms with Crippen LogP contribution in [0, 0.1) is 11.6 Å². The largest absolute Gasteiger partial charge is 0.388 e. The van der Waals surface area contributed by atoms with Gasteiger partial charge in [0.25, 0.3) is 0 Å². The second kappa shape index (κ2) is 4.68. The summed E-state index contributed by atoms with van der Waals surface area (Å²) in [6.07, 6.45) is -0.819. The number of hydrogen-bond acceptors (Lipinski definition) is 2.